The van der Waals surface area contributed by atoms with Crippen molar-refractivity contribution in [2.75, 3.05) is 0 Å². The van der Waals surface area contributed by atoms with Crippen molar-refractivity contribution in [1.29, 1.82) is 0 Å². The summed E-state index contributed by atoms with van der Waals surface area (Å²) in [6.07, 6.45) is 9.70. The number of carbonyl (C=O) groups is 4. The highest BCUT2D eigenvalue weighted by Gasteiger charge is 2.66. The lowest BCUT2D eigenvalue weighted by Gasteiger charge is -2.26. The lowest BCUT2D eigenvalue weighted by molar-refractivity contribution is -0.174. The van der Waals surface area contributed by atoms with Crippen LogP contribution in [0.25, 0.3) is 0 Å². The topological polar surface area (TPSA) is 74.8 Å². The second-order valence-electron chi connectivity index (χ2n) is 7.98. The lowest BCUT2D eigenvalue weighted by atomic mass is 9.85. The Bertz CT molecular complexity index is 673. The van der Waals surface area contributed by atoms with Crippen LogP contribution < -0.4 is 0 Å². The van der Waals surface area contributed by atoms with Crippen LogP contribution in [-0.4, -0.2) is 33.6 Å². The van der Waals surface area contributed by atoms with Crippen molar-refractivity contribution in [3.8, 4) is 0 Å². The Morgan fingerprint density at radius 1 is 0.542 bits per heavy atom. The van der Waals surface area contributed by atoms with Gasteiger partial charge in [-0.25, -0.2) is 0 Å². The predicted molar refractivity (Wildman–Crippen MR) is 79.1 cm³/mol. The monoisotopic (exact) mass is 324 g/mol. The fraction of sp³-hybridized carbons (Fsp3) is 0.556. The summed E-state index contributed by atoms with van der Waals surface area (Å²) in [4.78, 5) is 51.5. The molecular formula is C18H16N2O4. The molecule has 6 aliphatic rings. The third kappa shape index (κ3) is 1.21. The van der Waals surface area contributed by atoms with E-state index < -0.39 is 0 Å². The summed E-state index contributed by atoms with van der Waals surface area (Å²) in [5.41, 5.74) is 0. The highest BCUT2D eigenvalue weighted by molar-refractivity contribution is 6.14. The molecule has 0 aromatic carbocycles. The average molecular weight is 324 g/mol. The van der Waals surface area contributed by atoms with Gasteiger partial charge >= 0.3 is 0 Å². The third-order valence-electron chi connectivity index (χ3n) is 7.09. The van der Waals surface area contributed by atoms with Crippen LogP contribution in [0.3, 0.4) is 0 Å². The maximum atomic E-state index is 12.9. The van der Waals surface area contributed by atoms with Crippen molar-refractivity contribution >= 4 is 23.6 Å². The molecule has 6 heteroatoms. The van der Waals surface area contributed by atoms with Crippen molar-refractivity contribution in [2.45, 2.75) is 12.8 Å². The molecule has 6 nitrogen and oxygen atoms in total. The predicted octanol–water partition coefficient (Wildman–Crippen LogP) is 0.516. The molecule has 0 aromatic heterocycles. The Kier molecular flexibility index (Phi) is 2.11. The van der Waals surface area contributed by atoms with E-state index in [9.17, 15) is 19.2 Å². The lowest BCUT2D eigenvalue weighted by Crippen LogP contribution is -2.51. The maximum absolute atomic E-state index is 12.9. The summed E-state index contributed by atoms with van der Waals surface area (Å²) in [6.45, 7) is 0. The largest absolute Gasteiger partial charge is 0.272 e. The average Bonchev–Trinajstić information content (AvgIpc) is 3.36. The van der Waals surface area contributed by atoms with Crippen LogP contribution in [-0.2, 0) is 19.2 Å². The molecule has 2 saturated heterocycles. The summed E-state index contributed by atoms with van der Waals surface area (Å²) in [6, 6.07) is 0. The first-order valence-corrected chi connectivity index (χ1v) is 8.70. The van der Waals surface area contributed by atoms with Crippen LogP contribution in [0.15, 0.2) is 24.3 Å². The van der Waals surface area contributed by atoms with Gasteiger partial charge in [-0.05, 0) is 36.5 Å². The zero-order valence-electron chi connectivity index (χ0n) is 12.9. The van der Waals surface area contributed by atoms with Gasteiger partial charge in [0.25, 0.3) is 23.6 Å². The quantitative estimate of drug-likeness (QED) is 0.520. The number of fused-ring (bicyclic) bond motifs is 10. The summed E-state index contributed by atoms with van der Waals surface area (Å²) < 4.78 is 0. The Morgan fingerprint density at radius 3 is 1.04 bits per heavy atom. The van der Waals surface area contributed by atoms with Crippen LogP contribution in [0.2, 0.25) is 0 Å². The highest BCUT2D eigenvalue weighted by Crippen LogP contribution is 2.56. The smallest absolute Gasteiger partial charge is 0.253 e. The van der Waals surface area contributed by atoms with Crippen molar-refractivity contribution in [1.82, 2.24) is 10.0 Å². The second-order valence-corrected chi connectivity index (χ2v) is 7.98. The first-order valence-electron chi connectivity index (χ1n) is 8.70. The minimum atomic E-state index is -0.386. The molecule has 8 unspecified atom stereocenters. The van der Waals surface area contributed by atoms with Crippen molar-refractivity contribution in [3.05, 3.63) is 24.3 Å². The van der Waals surface area contributed by atoms with Gasteiger partial charge in [-0.1, -0.05) is 24.3 Å². The summed E-state index contributed by atoms with van der Waals surface area (Å²) in [5, 5.41) is 1.81. The molecule has 4 bridgehead atoms. The minimum Gasteiger partial charge on any atom is -0.272 e. The Morgan fingerprint density at radius 2 is 0.792 bits per heavy atom. The molecule has 2 aliphatic heterocycles. The molecule has 6 rings (SSSR count). The fourth-order valence-electron chi connectivity index (χ4n) is 6.17. The third-order valence-corrected chi connectivity index (χ3v) is 7.09. The van der Waals surface area contributed by atoms with Crippen LogP contribution >= 0.6 is 0 Å². The van der Waals surface area contributed by atoms with Crippen molar-refractivity contribution in [2.24, 2.45) is 47.3 Å². The number of amides is 4. The van der Waals surface area contributed by atoms with E-state index in [-0.39, 0.29) is 71.0 Å². The maximum Gasteiger partial charge on any atom is 0.253 e. The van der Waals surface area contributed by atoms with Gasteiger partial charge in [-0.2, -0.15) is 10.0 Å². The molecule has 4 amide bonds. The van der Waals surface area contributed by atoms with E-state index in [0.29, 0.717) is 0 Å². The summed E-state index contributed by atoms with van der Waals surface area (Å²) >= 11 is 0. The SMILES string of the molecule is O=C1C2C3C=CC(C3)C2C(=O)N1N1C(=O)C2C3C=CC(C3)C2C1=O. The zero-order chi connectivity index (χ0) is 16.3. The Balaban J connectivity index is 1.39. The normalized spacial score (nSPS) is 50.0. The molecule has 0 radical (unpaired) electrons. The molecule has 8 atom stereocenters. The van der Waals surface area contributed by atoms with Crippen molar-refractivity contribution in [3.63, 3.8) is 0 Å². The van der Waals surface area contributed by atoms with E-state index in [2.05, 4.69) is 0 Å². The Labute approximate surface area is 138 Å². The van der Waals surface area contributed by atoms with Crippen LogP contribution in [0.1, 0.15) is 12.8 Å². The van der Waals surface area contributed by atoms with E-state index in [1.807, 2.05) is 24.3 Å². The van der Waals surface area contributed by atoms with Gasteiger partial charge in [0.2, 0.25) is 0 Å². The molecule has 4 fully saturated rings. The molecule has 0 spiro atoms. The van der Waals surface area contributed by atoms with Crippen LogP contribution in [0, 0.1) is 47.3 Å². The molecule has 2 heterocycles. The molecule has 2 saturated carbocycles. The van der Waals surface area contributed by atoms with Crippen LogP contribution in [0.4, 0.5) is 0 Å². The number of rotatable bonds is 1. The van der Waals surface area contributed by atoms with Gasteiger partial charge in [-0.15, -0.1) is 0 Å². The molecule has 0 N–H and O–H groups in total. The van der Waals surface area contributed by atoms with E-state index in [1.54, 1.807) is 0 Å². The molecule has 0 aromatic rings. The molecule has 122 valence electrons. The first-order chi connectivity index (χ1) is 11.6. The Hall–Kier alpha value is -2.24. The van der Waals surface area contributed by atoms with Gasteiger partial charge in [-0.3, -0.25) is 19.2 Å². The van der Waals surface area contributed by atoms with Gasteiger partial charge in [0.1, 0.15) is 0 Å². The number of nitrogens with zero attached hydrogens (tertiary/aromatic N) is 2. The van der Waals surface area contributed by atoms with Gasteiger partial charge in [0.05, 0.1) is 23.7 Å². The van der Waals surface area contributed by atoms with Crippen molar-refractivity contribution < 1.29 is 19.2 Å². The number of allylic oxidation sites excluding steroid dienone is 4. The highest BCUT2D eigenvalue weighted by atomic mass is 16.2. The molecule has 4 aliphatic carbocycles. The summed E-state index contributed by atoms with van der Waals surface area (Å²) in [7, 11) is 0. The number of hydrogen-bond acceptors (Lipinski definition) is 4. The zero-order valence-corrected chi connectivity index (χ0v) is 12.9. The van der Waals surface area contributed by atoms with Crippen LogP contribution in [0.5, 0.6) is 0 Å². The molecule has 24 heavy (non-hydrogen) atoms. The minimum absolute atomic E-state index is 0.0756. The van der Waals surface area contributed by atoms with E-state index >= 15 is 0 Å². The van der Waals surface area contributed by atoms with E-state index in [1.165, 1.54) is 0 Å². The van der Waals surface area contributed by atoms with E-state index in [4.69, 9.17) is 0 Å². The van der Waals surface area contributed by atoms with Gasteiger partial charge in [0.15, 0.2) is 0 Å². The van der Waals surface area contributed by atoms with E-state index in [0.717, 1.165) is 22.9 Å². The van der Waals surface area contributed by atoms with Gasteiger partial charge in [0, 0.05) is 0 Å². The van der Waals surface area contributed by atoms with Gasteiger partial charge < -0.3 is 0 Å². The fourth-order valence-corrected chi connectivity index (χ4v) is 6.17. The number of hydrogen-bond donors (Lipinski definition) is 0. The second kappa shape index (κ2) is 3.87. The number of hydrazine groups is 1. The molecular weight excluding hydrogens is 308 g/mol. The number of carbonyl (C=O) groups excluding carboxylic acids is 4. The summed E-state index contributed by atoms with van der Waals surface area (Å²) in [5.74, 6) is -2.67. The standard InChI is InChI=1S/C18H16N2O4/c21-15-11-7-1-2-8(5-7)12(11)16(22)19(15)20-17(23)13-9-3-4-10(6-9)14(13)18(20)24/h1-4,7-14H,5-6H2. The first kappa shape index (κ1) is 13.1. The number of imide groups is 2.